The Bertz CT molecular complexity index is 582. The van der Waals surface area contributed by atoms with E-state index in [0.29, 0.717) is 25.0 Å². The molecule has 0 bridgehead atoms. The lowest BCUT2D eigenvalue weighted by molar-refractivity contribution is 0.0284. The van der Waals surface area contributed by atoms with Crippen molar-refractivity contribution in [1.29, 1.82) is 0 Å². The maximum atomic E-state index is 12.3. The number of nitrogens with zero attached hydrogens (tertiary/aromatic N) is 1. The van der Waals surface area contributed by atoms with Gasteiger partial charge in [-0.25, -0.2) is 4.79 Å². The molecule has 0 aliphatic carbocycles. The van der Waals surface area contributed by atoms with Gasteiger partial charge in [0.2, 0.25) is 0 Å². The number of carbonyl (C=O) groups excluding carboxylic acids is 1. The minimum atomic E-state index is -0.453. The molecule has 1 aromatic rings. The molecule has 2 aliphatic heterocycles. The number of likely N-dealkylation sites (tertiary alicyclic amines) is 1. The molecule has 120 valence electrons. The van der Waals surface area contributed by atoms with Gasteiger partial charge in [-0.2, -0.15) is 0 Å². The summed E-state index contributed by atoms with van der Waals surface area (Å²) in [5, 5.41) is 0. The summed E-state index contributed by atoms with van der Waals surface area (Å²) in [6.07, 6.45) is 0.753. The molecule has 1 saturated heterocycles. The lowest BCUT2D eigenvalue weighted by atomic mass is 9.87. The molecule has 5 heteroatoms. The van der Waals surface area contributed by atoms with Crippen LogP contribution in [0, 0.1) is 5.92 Å². The average Bonchev–Trinajstić information content (AvgIpc) is 2.75. The number of amides is 1. The molecule has 1 fully saturated rings. The van der Waals surface area contributed by atoms with E-state index in [1.807, 2.05) is 37.8 Å². The molecule has 0 radical (unpaired) electrons. The van der Waals surface area contributed by atoms with Crippen molar-refractivity contribution in [3.63, 3.8) is 0 Å². The van der Waals surface area contributed by atoms with Crippen LogP contribution in [-0.4, -0.2) is 36.3 Å². The second kappa shape index (κ2) is 5.76. The number of ether oxygens (including phenoxy) is 2. The fourth-order valence-electron chi connectivity index (χ4n) is 3.27. The summed E-state index contributed by atoms with van der Waals surface area (Å²) in [6.45, 7) is 7.85. The first kappa shape index (κ1) is 15.7. The molecule has 22 heavy (non-hydrogen) atoms. The molecular formula is C17H22BrNO3. The van der Waals surface area contributed by atoms with Gasteiger partial charge in [0.25, 0.3) is 0 Å². The zero-order valence-corrected chi connectivity index (χ0v) is 14.9. The van der Waals surface area contributed by atoms with Crippen molar-refractivity contribution >= 4 is 22.0 Å². The van der Waals surface area contributed by atoms with E-state index in [4.69, 9.17) is 9.47 Å². The summed E-state index contributed by atoms with van der Waals surface area (Å²) in [7, 11) is 0. The molecule has 0 aromatic heterocycles. The first-order chi connectivity index (χ1) is 10.3. The molecule has 0 saturated carbocycles. The Balaban J connectivity index is 1.82. The smallest absolute Gasteiger partial charge is 0.410 e. The molecule has 4 nitrogen and oxygen atoms in total. The molecule has 1 amide bonds. The highest BCUT2D eigenvalue weighted by Gasteiger charge is 2.40. The van der Waals surface area contributed by atoms with Crippen LogP contribution in [0.3, 0.4) is 0 Å². The highest BCUT2D eigenvalue weighted by Crippen LogP contribution is 2.44. The van der Waals surface area contributed by atoms with Crippen LogP contribution in [0.2, 0.25) is 0 Å². The van der Waals surface area contributed by atoms with Crippen molar-refractivity contribution in [2.75, 3.05) is 19.7 Å². The van der Waals surface area contributed by atoms with Crippen molar-refractivity contribution in [3.8, 4) is 5.75 Å². The zero-order valence-electron chi connectivity index (χ0n) is 13.3. The van der Waals surface area contributed by atoms with E-state index in [1.165, 1.54) is 5.56 Å². The molecule has 2 atom stereocenters. The van der Waals surface area contributed by atoms with Gasteiger partial charge in [0.05, 0.1) is 11.1 Å². The van der Waals surface area contributed by atoms with Crippen LogP contribution in [0.5, 0.6) is 5.75 Å². The summed E-state index contributed by atoms with van der Waals surface area (Å²) in [4.78, 5) is 14.2. The number of fused-ring (bicyclic) bond motifs is 3. The molecule has 0 spiro atoms. The second-order valence-electron chi connectivity index (χ2n) is 7.05. The number of hydrogen-bond acceptors (Lipinski definition) is 3. The predicted molar refractivity (Wildman–Crippen MR) is 88.3 cm³/mol. The Kier molecular flexibility index (Phi) is 4.10. The summed E-state index contributed by atoms with van der Waals surface area (Å²) in [5.41, 5.74) is 0.745. The Hall–Kier alpha value is -1.23. The standard InChI is InChI=1S/C17H22BrNO3/c1-17(2,3)22-16(20)19-9-11-7-8-21-15-12(13(11)10-19)5-4-6-14(15)18/h4-6,11,13H,7-10H2,1-3H3/t11-,13+/m0/s1. The maximum Gasteiger partial charge on any atom is 0.410 e. The van der Waals surface area contributed by atoms with Gasteiger partial charge in [0.15, 0.2) is 0 Å². The highest BCUT2D eigenvalue weighted by molar-refractivity contribution is 9.10. The topological polar surface area (TPSA) is 38.8 Å². The van der Waals surface area contributed by atoms with E-state index < -0.39 is 5.60 Å². The fourth-order valence-corrected chi connectivity index (χ4v) is 3.77. The van der Waals surface area contributed by atoms with Crippen molar-refractivity contribution in [2.24, 2.45) is 5.92 Å². The Morgan fingerprint density at radius 3 is 2.86 bits per heavy atom. The molecule has 1 aromatic carbocycles. The number of halogens is 1. The van der Waals surface area contributed by atoms with E-state index >= 15 is 0 Å². The summed E-state index contributed by atoms with van der Waals surface area (Å²) in [5.74, 6) is 1.69. The fraction of sp³-hybridized carbons (Fsp3) is 0.588. The first-order valence-corrected chi connectivity index (χ1v) is 8.53. The number of para-hydroxylation sites is 1. The van der Waals surface area contributed by atoms with Gasteiger partial charge in [0.1, 0.15) is 11.4 Å². The summed E-state index contributed by atoms with van der Waals surface area (Å²) in [6, 6.07) is 6.15. The van der Waals surface area contributed by atoms with Crippen molar-refractivity contribution in [1.82, 2.24) is 4.90 Å². The van der Waals surface area contributed by atoms with Crippen molar-refractivity contribution in [3.05, 3.63) is 28.2 Å². The predicted octanol–water partition coefficient (Wildman–Crippen LogP) is 4.18. The third-order valence-corrected chi connectivity index (χ3v) is 4.85. The second-order valence-corrected chi connectivity index (χ2v) is 7.90. The molecule has 2 aliphatic rings. The number of carbonyl (C=O) groups is 1. The van der Waals surface area contributed by atoms with Crippen LogP contribution >= 0.6 is 15.9 Å². The van der Waals surface area contributed by atoms with E-state index in [1.54, 1.807) is 0 Å². The van der Waals surface area contributed by atoms with Gasteiger partial charge in [-0.3, -0.25) is 0 Å². The normalized spacial score (nSPS) is 24.1. The number of hydrogen-bond donors (Lipinski definition) is 0. The third-order valence-electron chi connectivity index (χ3n) is 4.22. The van der Waals surface area contributed by atoms with E-state index in [9.17, 15) is 4.79 Å². The first-order valence-electron chi connectivity index (χ1n) is 7.74. The van der Waals surface area contributed by atoms with E-state index in [-0.39, 0.29) is 6.09 Å². The van der Waals surface area contributed by atoms with E-state index in [0.717, 1.165) is 23.2 Å². The zero-order chi connectivity index (χ0) is 15.9. The lowest BCUT2D eigenvalue weighted by Crippen LogP contribution is -2.35. The van der Waals surface area contributed by atoms with Gasteiger partial charge in [-0.05, 0) is 55.1 Å². The number of benzene rings is 1. The largest absolute Gasteiger partial charge is 0.492 e. The van der Waals surface area contributed by atoms with Crippen LogP contribution in [0.1, 0.15) is 38.7 Å². The van der Waals surface area contributed by atoms with Gasteiger partial charge in [0, 0.05) is 24.6 Å². The van der Waals surface area contributed by atoms with Crippen LogP contribution in [0.25, 0.3) is 0 Å². The Morgan fingerprint density at radius 1 is 1.36 bits per heavy atom. The summed E-state index contributed by atoms with van der Waals surface area (Å²) < 4.78 is 12.4. The SMILES string of the molecule is CC(C)(C)OC(=O)N1C[C@@H]2CCOc3c(Br)cccc3[C@@H]2C1. The molecule has 0 N–H and O–H groups in total. The monoisotopic (exact) mass is 367 g/mol. The lowest BCUT2D eigenvalue weighted by Gasteiger charge is -2.24. The van der Waals surface area contributed by atoms with Crippen LogP contribution in [0.4, 0.5) is 4.79 Å². The Labute approximate surface area is 139 Å². The minimum Gasteiger partial charge on any atom is -0.492 e. The Morgan fingerprint density at radius 2 is 2.14 bits per heavy atom. The minimum absolute atomic E-state index is 0.210. The van der Waals surface area contributed by atoms with E-state index in [2.05, 4.69) is 22.0 Å². The van der Waals surface area contributed by atoms with Crippen LogP contribution < -0.4 is 4.74 Å². The van der Waals surface area contributed by atoms with Gasteiger partial charge in [-0.1, -0.05) is 12.1 Å². The van der Waals surface area contributed by atoms with Crippen LogP contribution in [0.15, 0.2) is 22.7 Å². The summed E-state index contributed by atoms with van der Waals surface area (Å²) >= 11 is 3.57. The molecule has 2 heterocycles. The van der Waals surface area contributed by atoms with Gasteiger partial charge < -0.3 is 14.4 Å². The maximum absolute atomic E-state index is 12.3. The average molecular weight is 368 g/mol. The van der Waals surface area contributed by atoms with Crippen molar-refractivity contribution in [2.45, 2.75) is 38.7 Å². The molecule has 3 rings (SSSR count). The molecule has 0 unspecified atom stereocenters. The van der Waals surface area contributed by atoms with Crippen LogP contribution in [-0.2, 0) is 4.74 Å². The third kappa shape index (κ3) is 3.09. The molecular weight excluding hydrogens is 346 g/mol. The number of rotatable bonds is 0. The highest BCUT2D eigenvalue weighted by atomic mass is 79.9. The van der Waals surface area contributed by atoms with Gasteiger partial charge in [-0.15, -0.1) is 0 Å². The van der Waals surface area contributed by atoms with Gasteiger partial charge >= 0.3 is 6.09 Å². The quantitative estimate of drug-likeness (QED) is 0.690. The van der Waals surface area contributed by atoms with Crippen molar-refractivity contribution < 1.29 is 14.3 Å².